The first kappa shape index (κ1) is 20.9. The van der Waals surface area contributed by atoms with Gasteiger partial charge < -0.3 is 4.90 Å². The van der Waals surface area contributed by atoms with E-state index in [1.165, 1.54) is 17.7 Å². The molecule has 1 fully saturated rings. The van der Waals surface area contributed by atoms with E-state index in [1.807, 2.05) is 0 Å². The number of benzene rings is 2. The first-order valence-electron chi connectivity index (χ1n) is 10.1. The molecule has 0 aromatic heterocycles. The minimum absolute atomic E-state index is 0.149. The number of alkyl halides is 3. The summed E-state index contributed by atoms with van der Waals surface area (Å²) >= 11 is 0. The van der Waals surface area contributed by atoms with Gasteiger partial charge in [0.05, 0.1) is 5.56 Å². The van der Waals surface area contributed by atoms with Crippen molar-refractivity contribution < 1.29 is 13.2 Å². The second kappa shape index (κ2) is 7.90. The molecule has 1 aliphatic rings. The Balaban J connectivity index is 1.56. The highest BCUT2D eigenvalue weighted by atomic mass is 19.4. The topological polar surface area (TPSA) is 3.24 Å². The third-order valence-electron chi connectivity index (χ3n) is 6.48. The Morgan fingerprint density at radius 3 is 1.93 bits per heavy atom. The zero-order chi connectivity index (χ0) is 20.4. The summed E-state index contributed by atoms with van der Waals surface area (Å²) in [7, 11) is 0. The molecule has 3 rings (SSSR count). The first-order chi connectivity index (χ1) is 13.1. The van der Waals surface area contributed by atoms with Crippen molar-refractivity contribution in [3.05, 3.63) is 71.3 Å². The van der Waals surface area contributed by atoms with Crippen LogP contribution in [-0.4, -0.2) is 24.5 Å². The van der Waals surface area contributed by atoms with Gasteiger partial charge in [-0.3, -0.25) is 0 Å². The van der Waals surface area contributed by atoms with E-state index in [0.29, 0.717) is 0 Å². The van der Waals surface area contributed by atoms with Gasteiger partial charge in [0.2, 0.25) is 0 Å². The van der Waals surface area contributed by atoms with Gasteiger partial charge in [-0.15, -0.1) is 0 Å². The summed E-state index contributed by atoms with van der Waals surface area (Å²) in [6.45, 7) is 9.69. The molecule has 2 aromatic rings. The summed E-state index contributed by atoms with van der Waals surface area (Å²) < 4.78 is 38.4. The van der Waals surface area contributed by atoms with Crippen LogP contribution in [0.15, 0.2) is 54.6 Å². The van der Waals surface area contributed by atoms with E-state index in [-0.39, 0.29) is 10.8 Å². The van der Waals surface area contributed by atoms with Crippen molar-refractivity contribution in [3.63, 3.8) is 0 Å². The van der Waals surface area contributed by atoms with Crippen LogP contribution in [0, 0.1) is 0 Å². The van der Waals surface area contributed by atoms with Crippen LogP contribution >= 0.6 is 0 Å². The number of hydrogen-bond acceptors (Lipinski definition) is 1. The van der Waals surface area contributed by atoms with Crippen LogP contribution in [0.4, 0.5) is 13.2 Å². The average Bonchev–Trinajstić information content (AvgIpc) is 2.68. The quantitative estimate of drug-likeness (QED) is 0.570. The van der Waals surface area contributed by atoms with Crippen LogP contribution in [0.1, 0.15) is 56.7 Å². The van der Waals surface area contributed by atoms with Crippen molar-refractivity contribution in [3.8, 4) is 0 Å². The summed E-state index contributed by atoms with van der Waals surface area (Å²) in [5.41, 5.74) is 1.89. The highest BCUT2D eigenvalue weighted by Gasteiger charge is 2.33. The third-order valence-corrected chi connectivity index (χ3v) is 6.48. The van der Waals surface area contributed by atoms with Gasteiger partial charge in [-0.25, -0.2) is 0 Å². The molecule has 0 atom stereocenters. The Morgan fingerprint density at radius 1 is 0.857 bits per heavy atom. The fraction of sp³-hybridized carbons (Fsp3) is 0.500. The SMILES string of the molecule is CC(C)(CCN1CCC(C)(c2ccccc2)CC1)c1ccc(C(F)(F)F)cc1. The summed E-state index contributed by atoms with van der Waals surface area (Å²) in [4.78, 5) is 2.50. The predicted octanol–water partition coefficient (Wildman–Crippen LogP) is 6.43. The molecular formula is C24H30F3N. The monoisotopic (exact) mass is 389 g/mol. The molecule has 0 N–H and O–H groups in total. The smallest absolute Gasteiger partial charge is 0.303 e. The molecule has 0 radical (unpaired) electrons. The largest absolute Gasteiger partial charge is 0.416 e. The predicted molar refractivity (Wildman–Crippen MR) is 109 cm³/mol. The second-order valence-corrected chi connectivity index (χ2v) is 8.98. The molecular weight excluding hydrogens is 359 g/mol. The lowest BCUT2D eigenvalue weighted by atomic mass is 9.74. The second-order valence-electron chi connectivity index (χ2n) is 8.98. The van der Waals surface area contributed by atoms with Crippen LogP contribution in [0.3, 0.4) is 0 Å². The van der Waals surface area contributed by atoms with Crippen LogP contribution < -0.4 is 0 Å². The first-order valence-corrected chi connectivity index (χ1v) is 10.1. The van der Waals surface area contributed by atoms with Gasteiger partial charge in [0.1, 0.15) is 0 Å². The molecule has 0 aliphatic carbocycles. The van der Waals surface area contributed by atoms with Crippen molar-refractivity contribution in [1.29, 1.82) is 0 Å². The highest BCUT2D eigenvalue weighted by molar-refractivity contribution is 5.29. The average molecular weight is 390 g/mol. The zero-order valence-electron chi connectivity index (χ0n) is 17.0. The lowest BCUT2D eigenvalue weighted by Crippen LogP contribution is -2.42. The van der Waals surface area contributed by atoms with Gasteiger partial charge in [-0.2, -0.15) is 13.2 Å². The van der Waals surface area contributed by atoms with Gasteiger partial charge in [0.25, 0.3) is 0 Å². The van der Waals surface area contributed by atoms with E-state index in [1.54, 1.807) is 12.1 Å². The Hall–Kier alpha value is -1.81. The number of halogens is 3. The Bertz CT molecular complexity index is 755. The molecule has 1 saturated heterocycles. The van der Waals surface area contributed by atoms with Gasteiger partial charge in [-0.1, -0.05) is 63.2 Å². The molecule has 152 valence electrons. The molecule has 0 spiro atoms. The van der Waals surface area contributed by atoms with E-state index in [9.17, 15) is 13.2 Å². The zero-order valence-corrected chi connectivity index (χ0v) is 17.0. The summed E-state index contributed by atoms with van der Waals surface area (Å²) in [5, 5.41) is 0. The molecule has 1 aliphatic heterocycles. The molecule has 28 heavy (non-hydrogen) atoms. The van der Waals surface area contributed by atoms with Gasteiger partial charge in [0.15, 0.2) is 0 Å². The fourth-order valence-corrected chi connectivity index (χ4v) is 4.09. The van der Waals surface area contributed by atoms with Crippen molar-refractivity contribution in [2.45, 2.75) is 57.0 Å². The molecule has 0 saturated carbocycles. The third kappa shape index (κ3) is 4.78. The van der Waals surface area contributed by atoms with E-state index in [2.05, 4.69) is 56.0 Å². The molecule has 2 aromatic carbocycles. The van der Waals surface area contributed by atoms with E-state index < -0.39 is 11.7 Å². The number of rotatable bonds is 5. The Labute approximate surface area is 166 Å². The van der Waals surface area contributed by atoms with Crippen LogP contribution in [0.2, 0.25) is 0 Å². The van der Waals surface area contributed by atoms with E-state index >= 15 is 0 Å². The van der Waals surface area contributed by atoms with Crippen molar-refractivity contribution in [2.75, 3.05) is 19.6 Å². The maximum atomic E-state index is 12.8. The van der Waals surface area contributed by atoms with Gasteiger partial charge in [0, 0.05) is 0 Å². The number of likely N-dealkylation sites (tertiary alicyclic amines) is 1. The fourth-order valence-electron chi connectivity index (χ4n) is 4.09. The van der Waals surface area contributed by atoms with Crippen molar-refractivity contribution in [2.24, 2.45) is 0 Å². The van der Waals surface area contributed by atoms with Crippen LogP contribution in [-0.2, 0) is 17.0 Å². The summed E-state index contributed by atoms with van der Waals surface area (Å²) in [6.07, 6.45) is -1.07. The maximum Gasteiger partial charge on any atom is 0.416 e. The minimum atomic E-state index is -4.28. The lowest BCUT2D eigenvalue weighted by molar-refractivity contribution is -0.137. The molecule has 0 unspecified atom stereocenters. The Kier molecular flexibility index (Phi) is 5.90. The van der Waals surface area contributed by atoms with Gasteiger partial charge in [-0.05, 0) is 73.0 Å². The standard InChI is InChI=1S/C24H30F3N/c1-22(2,19-9-11-21(12-10-19)24(25,26)27)13-16-28-17-14-23(3,15-18-28)20-7-5-4-6-8-20/h4-12H,13-18H2,1-3H3. The lowest BCUT2D eigenvalue weighted by Gasteiger charge is -2.41. The van der Waals surface area contributed by atoms with Crippen LogP contribution in [0.5, 0.6) is 0 Å². The molecule has 0 amide bonds. The number of nitrogens with zero attached hydrogens (tertiary/aromatic N) is 1. The van der Waals surface area contributed by atoms with Crippen molar-refractivity contribution in [1.82, 2.24) is 4.90 Å². The normalized spacial score (nSPS) is 18.2. The number of hydrogen-bond donors (Lipinski definition) is 0. The maximum absolute atomic E-state index is 12.8. The Morgan fingerprint density at radius 2 is 1.39 bits per heavy atom. The van der Waals surface area contributed by atoms with Crippen LogP contribution in [0.25, 0.3) is 0 Å². The number of piperidine rings is 1. The molecule has 1 heterocycles. The molecule has 0 bridgehead atoms. The molecule has 4 heteroatoms. The summed E-state index contributed by atoms with van der Waals surface area (Å²) in [6, 6.07) is 16.4. The summed E-state index contributed by atoms with van der Waals surface area (Å²) in [5.74, 6) is 0. The van der Waals surface area contributed by atoms with E-state index in [0.717, 1.165) is 44.5 Å². The van der Waals surface area contributed by atoms with Crippen molar-refractivity contribution >= 4 is 0 Å². The minimum Gasteiger partial charge on any atom is -0.303 e. The van der Waals surface area contributed by atoms with Gasteiger partial charge >= 0.3 is 6.18 Å². The molecule has 1 nitrogen and oxygen atoms in total. The highest BCUT2D eigenvalue weighted by Crippen LogP contribution is 2.36. The van der Waals surface area contributed by atoms with E-state index in [4.69, 9.17) is 0 Å².